The molecule has 1 fully saturated rings. The van der Waals surface area contributed by atoms with Crippen LogP contribution in [0.5, 0.6) is 0 Å². The second kappa shape index (κ2) is 7.09. The molecule has 0 radical (unpaired) electrons. The number of hydrogen-bond donors (Lipinski definition) is 0. The molecule has 1 nitrogen and oxygen atoms in total. The maximum atomic E-state index is 12.5. The van der Waals surface area contributed by atoms with Crippen LogP contribution in [0, 0.1) is 0 Å². The maximum absolute atomic E-state index is 12.5. The summed E-state index contributed by atoms with van der Waals surface area (Å²) in [4.78, 5) is 0. The molecule has 1 atom stereocenters. The molecule has 0 amide bonds. The van der Waals surface area contributed by atoms with Gasteiger partial charge in [0.1, 0.15) is 0 Å². The van der Waals surface area contributed by atoms with Crippen LogP contribution in [0.2, 0.25) is 0 Å². The third-order valence-electron chi connectivity index (χ3n) is 3.63. The van der Waals surface area contributed by atoms with Gasteiger partial charge in [0, 0.05) is 0 Å². The van der Waals surface area contributed by atoms with Gasteiger partial charge >= 0.3 is 143 Å². The third-order valence-corrected chi connectivity index (χ3v) is 6.47. The molecule has 0 aliphatic carbocycles. The first-order chi connectivity index (χ1) is 11.0. The molecule has 0 bridgehead atoms. The SMILES string of the molecule is FC(F)(F)c1ccc([Te]/C=C2/COC(c3ccccc3)C2)cc1. The van der Waals surface area contributed by atoms with Crippen LogP contribution in [0.15, 0.2) is 64.3 Å². The molecule has 120 valence electrons. The predicted molar refractivity (Wildman–Crippen MR) is 84.7 cm³/mol. The Morgan fingerprint density at radius 3 is 2.35 bits per heavy atom. The van der Waals surface area contributed by atoms with Crippen molar-refractivity contribution in [3.8, 4) is 0 Å². The molecule has 2 aromatic rings. The Morgan fingerprint density at radius 2 is 1.70 bits per heavy atom. The number of halogens is 3. The van der Waals surface area contributed by atoms with Crippen molar-refractivity contribution in [3.05, 3.63) is 75.4 Å². The molecular weight excluding hydrogens is 417 g/mol. The summed E-state index contributed by atoms with van der Waals surface area (Å²) >= 11 is -0.627. The fourth-order valence-electron chi connectivity index (χ4n) is 2.40. The van der Waals surface area contributed by atoms with Crippen LogP contribution in [-0.4, -0.2) is 27.5 Å². The van der Waals surface area contributed by atoms with Crippen LogP contribution in [0.1, 0.15) is 23.7 Å². The van der Waals surface area contributed by atoms with Gasteiger partial charge in [-0.25, -0.2) is 0 Å². The Labute approximate surface area is 143 Å². The first kappa shape index (κ1) is 16.6. The van der Waals surface area contributed by atoms with Crippen LogP contribution in [-0.2, 0) is 10.9 Å². The average molecular weight is 432 g/mol. The van der Waals surface area contributed by atoms with Gasteiger partial charge in [0.15, 0.2) is 0 Å². The molecule has 0 N–H and O–H groups in total. The van der Waals surface area contributed by atoms with E-state index in [9.17, 15) is 13.2 Å². The van der Waals surface area contributed by atoms with Crippen molar-refractivity contribution in [2.75, 3.05) is 6.61 Å². The Morgan fingerprint density at radius 1 is 1.00 bits per heavy atom. The van der Waals surface area contributed by atoms with E-state index in [4.69, 9.17) is 4.74 Å². The summed E-state index contributed by atoms with van der Waals surface area (Å²) in [6.45, 7) is 0.616. The first-order valence-electron chi connectivity index (χ1n) is 7.21. The monoisotopic (exact) mass is 434 g/mol. The summed E-state index contributed by atoms with van der Waals surface area (Å²) in [6, 6.07) is 15.6. The van der Waals surface area contributed by atoms with Gasteiger partial charge in [-0.3, -0.25) is 0 Å². The van der Waals surface area contributed by atoms with Gasteiger partial charge in [0.2, 0.25) is 0 Å². The molecule has 1 aliphatic rings. The fourth-order valence-corrected chi connectivity index (χ4v) is 4.57. The van der Waals surface area contributed by atoms with Gasteiger partial charge in [-0.15, -0.1) is 0 Å². The quantitative estimate of drug-likeness (QED) is 0.665. The summed E-state index contributed by atoms with van der Waals surface area (Å²) in [7, 11) is 0. The van der Waals surface area contributed by atoms with Crippen LogP contribution < -0.4 is 3.61 Å². The third kappa shape index (κ3) is 4.38. The fraction of sp³-hybridized carbons (Fsp3) is 0.222. The average Bonchev–Trinajstić information content (AvgIpc) is 3.02. The van der Waals surface area contributed by atoms with Crippen molar-refractivity contribution in [3.63, 3.8) is 0 Å². The van der Waals surface area contributed by atoms with E-state index in [1.807, 2.05) is 18.2 Å². The Kier molecular flexibility index (Phi) is 5.11. The standard InChI is InChI=1S/C18H15F3OTe/c19-18(20,21)15-6-8-16(9-7-15)23-12-13-10-17(22-11-13)14-4-2-1-3-5-14/h1-9,12,17H,10-11H2/b13-12+. The number of hydrogen-bond acceptors (Lipinski definition) is 1. The molecule has 2 aromatic carbocycles. The second-order valence-electron chi connectivity index (χ2n) is 5.33. The van der Waals surface area contributed by atoms with Crippen molar-refractivity contribution >= 4 is 24.5 Å². The van der Waals surface area contributed by atoms with E-state index in [-0.39, 0.29) is 6.10 Å². The number of ether oxygens (including phenoxy) is 1. The Hall–Kier alpha value is -1.28. The number of alkyl halides is 3. The molecule has 1 unspecified atom stereocenters. The molecule has 0 aromatic heterocycles. The molecule has 0 spiro atoms. The minimum atomic E-state index is -4.26. The molecule has 5 heteroatoms. The van der Waals surface area contributed by atoms with E-state index < -0.39 is 32.7 Å². The molecule has 23 heavy (non-hydrogen) atoms. The Balaban J connectivity index is 1.61. The second-order valence-corrected chi connectivity index (χ2v) is 8.02. The van der Waals surface area contributed by atoms with Crippen LogP contribution in [0.4, 0.5) is 13.2 Å². The summed E-state index contributed by atoms with van der Waals surface area (Å²) in [5.41, 5.74) is 1.84. The molecule has 3 rings (SSSR count). The van der Waals surface area contributed by atoms with Gasteiger partial charge < -0.3 is 0 Å². The van der Waals surface area contributed by atoms with E-state index >= 15 is 0 Å². The molecule has 1 heterocycles. The normalized spacial score (nSPS) is 20.1. The van der Waals surface area contributed by atoms with Crippen molar-refractivity contribution < 1.29 is 17.9 Å². The van der Waals surface area contributed by atoms with Gasteiger partial charge in [-0.1, -0.05) is 0 Å². The van der Waals surface area contributed by atoms with Crippen molar-refractivity contribution in [2.24, 2.45) is 0 Å². The topological polar surface area (TPSA) is 9.23 Å². The van der Waals surface area contributed by atoms with E-state index in [2.05, 4.69) is 16.3 Å². The minimum absolute atomic E-state index is 0.0996. The van der Waals surface area contributed by atoms with Gasteiger partial charge in [-0.05, 0) is 0 Å². The summed E-state index contributed by atoms with van der Waals surface area (Å²) in [5, 5.41) is 0. The predicted octanol–water partition coefficient (Wildman–Crippen LogP) is 4.08. The van der Waals surface area contributed by atoms with Crippen molar-refractivity contribution in [1.82, 2.24) is 0 Å². The van der Waals surface area contributed by atoms with Gasteiger partial charge in [-0.2, -0.15) is 0 Å². The van der Waals surface area contributed by atoms with E-state index in [0.717, 1.165) is 22.2 Å². The molecule has 1 saturated heterocycles. The zero-order valence-corrected chi connectivity index (χ0v) is 14.5. The zero-order valence-electron chi connectivity index (χ0n) is 12.2. The zero-order chi connectivity index (χ0) is 16.3. The summed E-state index contributed by atoms with van der Waals surface area (Å²) in [5.74, 6) is 0. The van der Waals surface area contributed by atoms with Crippen LogP contribution in [0.25, 0.3) is 0 Å². The van der Waals surface area contributed by atoms with E-state index in [0.29, 0.717) is 6.61 Å². The van der Waals surface area contributed by atoms with Gasteiger partial charge in [0.25, 0.3) is 0 Å². The molecular formula is C18H15F3OTe. The van der Waals surface area contributed by atoms with E-state index in [1.54, 1.807) is 12.1 Å². The Bertz CT molecular complexity index is 678. The first-order valence-corrected chi connectivity index (χ1v) is 9.72. The number of benzene rings is 2. The van der Waals surface area contributed by atoms with Crippen molar-refractivity contribution in [1.29, 1.82) is 0 Å². The van der Waals surface area contributed by atoms with Crippen LogP contribution in [0.3, 0.4) is 0 Å². The molecule has 1 aliphatic heterocycles. The van der Waals surface area contributed by atoms with E-state index in [1.165, 1.54) is 11.1 Å². The summed E-state index contributed by atoms with van der Waals surface area (Å²) in [6.07, 6.45) is -3.29. The van der Waals surface area contributed by atoms with Crippen molar-refractivity contribution in [2.45, 2.75) is 18.7 Å². The van der Waals surface area contributed by atoms with Gasteiger partial charge in [0.05, 0.1) is 0 Å². The molecule has 0 saturated carbocycles. The number of rotatable bonds is 3. The summed E-state index contributed by atoms with van der Waals surface area (Å²) < 4.78 is 46.6. The van der Waals surface area contributed by atoms with Crippen LogP contribution >= 0.6 is 0 Å².